The van der Waals surface area contributed by atoms with Crippen LogP contribution in [0.4, 0.5) is 17.1 Å². The van der Waals surface area contributed by atoms with E-state index in [0.29, 0.717) is 16.5 Å². The van der Waals surface area contributed by atoms with Crippen LogP contribution in [0.1, 0.15) is 6.42 Å². The Morgan fingerprint density at radius 2 is 2.04 bits per heavy atom. The maximum Gasteiger partial charge on any atom is 0.289 e. The molecule has 1 unspecified atom stereocenters. The van der Waals surface area contributed by atoms with Crippen LogP contribution in [0.3, 0.4) is 0 Å². The summed E-state index contributed by atoms with van der Waals surface area (Å²) in [6, 6.07) is 8.85. The van der Waals surface area contributed by atoms with E-state index in [9.17, 15) is 19.7 Å². The first kappa shape index (κ1) is 19.9. The van der Waals surface area contributed by atoms with Gasteiger partial charge in [-0.1, -0.05) is 23.2 Å². The summed E-state index contributed by atoms with van der Waals surface area (Å²) in [4.78, 5) is 36.8. The number of hydrogen-bond acceptors (Lipinski definition) is 5. The second kappa shape index (κ2) is 8.04. The number of carbonyl (C=O) groups excluding carboxylic acids is 2. The van der Waals surface area contributed by atoms with Crippen LogP contribution in [-0.4, -0.2) is 30.4 Å². The van der Waals surface area contributed by atoms with Crippen molar-refractivity contribution >= 4 is 52.1 Å². The number of anilines is 2. The largest absolute Gasteiger partial charge is 0.495 e. The molecule has 1 fully saturated rings. The van der Waals surface area contributed by atoms with Crippen LogP contribution in [0.25, 0.3) is 0 Å². The standard InChI is InChI=1S/C18H15Cl2N3O5/c1-28-16-5-2-11(19)7-15(16)22-9-10(6-17(22)24)18(25)21-12-3-4-13(20)14(8-12)23(26)27/h2-5,7-8,10H,6,9H2,1H3,(H,21,25). The van der Waals surface area contributed by atoms with E-state index in [-0.39, 0.29) is 35.3 Å². The van der Waals surface area contributed by atoms with Gasteiger partial charge in [-0.15, -0.1) is 0 Å². The lowest BCUT2D eigenvalue weighted by Gasteiger charge is -2.19. The number of nitrogens with one attached hydrogen (secondary N) is 1. The number of nitro groups is 1. The van der Waals surface area contributed by atoms with Crippen molar-refractivity contribution in [3.63, 3.8) is 0 Å². The van der Waals surface area contributed by atoms with Gasteiger partial charge in [0, 0.05) is 29.7 Å². The van der Waals surface area contributed by atoms with Crippen molar-refractivity contribution in [3.8, 4) is 5.75 Å². The van der Waals surface area contributed by atoms with Crippen molar-refractivity contribution < 1.29 is 19.2 Å². The van der Waals surface area contributed by atoms with Gasteiger partial charge in [-0.3, -0.25) is 19.7 Å². The van der Waals surface area contributed by atoms with Crippen molar-refractivity contribution in [1.82, 2.24) is 0 Å². The molecule has 8 nitrogen and oxygen atoms in total. The summed E-state index contributed by atoms with van der Waals surface area (Å²) in [5.74, 6) is -0.839. The van der Waals surface area contributed by atoms with E-state index in [2.05, 4.69) is 5.32 Å². The topological polar surface area (TPSA) is 102 Å². The molecule has 0 spiro atoms. The molecule has 3 rings (SSSR count). The highest BCUT2D eigenvalue weighted by atomic mass is 35.5. The fraction of sp³-hybridized carbons (Fsp3) is 0.222. The number of nitrogens with zero attached hydrogens (tertiary/aromatic N) is 2. The number of carbonyl (C=O) groups is 2. The molecule has 2 aromatic rings. The highest BCUT2D eigenvalue weighted by Gasteiger charge is 2.36. The van der Waals surface area contributed by atoms with Gasteiger partial charge < -0.3 is 15.0 Å². The Bertz CT molecular complexity index is 966. The van der Waals surface area contributed by atoms with Gasteiger partial charge in [0.1, 0.15) is 10.8 Å². The van der Waals surface area contributed by atoms with E-state index < -0.39 is 16.7 Å². The summed E-state index contributed by atoms with van der Waals surface area (Å²) in [6.45, 7) is 0.136. The van der Waals surface area contributed by atoms with E-state index >= 15 is 0 Å². The molecule has 0 saturated carbocycles. The van der Waals surface area contributed by atoms with Crippen LogP contribution in [0, 0.1) is 16.0 Å². The molecule has 146 valence electrons. The molecular formula is C18H15Cl2N3O5. The van der Waals surface area contributed by atoms with E-state index in [0.717, 1.165) is 0 Å². The molecule has 0 bridgehead atoms. The smallest absolute Gasteiger partial charge is 0.289 e. The highest BCUT2D eigenvalue weighted by Crippen LogP contribution is 2.35. The van der Waals surface area contributed by atoms with Crippen molar-refractivity contribution in [3.05, 3.63) is 56.6 Å². The van der Waals surface area contributed by atoms with Gasteiger partial charge in [-0.25, -0.2) is 0 Å². The zero-order valence-electron chi connectivity index (χ0n) is 14.6. The van der Waals surface area contributed by atoms with Gasteiger partial charge in [0.2, 0.25) is 11.8 Å². The molecule has 1 heterocycles. The number of hydrogen-bond donors (Lipinski definition) is 1. The lowest BCUT2D eigenvalue weighted by atomic mass is 10.1. The lowest BCUT2D eigenvalue weighted by Crippen LogP contribution is -2.28. The summed E-state index contributed by atoms with van der Waals surface area (Å²) >= 11 is 11.8. The quantitative estimate of drug-likeness (QED) is 0.580. The van der Waals surface area contributed by atoms with Crippen LogP contribution >= 0.6 is 23.2 Å². The Hall–Kier alpha value is -2.84. The number of methoxy groups -OCH3 is 1. The Morgan fingerprint density at radius 3 is 2.71 bits per heavy atom. The average Bonchev–Trinajstić information content (AvgIpc) is 3.04. The van der Waals surface area contributed by atoms with Crippen molar-refractivity contribution in [2.45, 2.75) is 6.42 Å². The fourth-order valence-electron chi connectivity index (χ4n) is 2.96. The molecule has 2 aromatic carbocycles. The molecule has 2 amide bonds. The van der Waals surface area contributed by atoms with Gasteiger partial charge in [0.05, 0.1) is 23.6 Å². The number of benzene rings is 2. The molecule has 28 heavy (non-hydrogen) atoms. The van der Waals surface area contributed by atoms with Gasteiger partial charge in [-0.2, -0.15) is 0 Å². The number of nitro benzene ring substituents is 1. The van der Waals surface area contributed by atoms with Crippen LogP contribution in [0.5, 0.6) is 5.75 Å². The van der Waals surface area contributed by atoms with E-state index in [4.69, 9.17) is 27.9 Å². The summed E-state index contributed by atoms with van der Waals surface area (Å²) in [5.41, 5.74) is 0.400. The van der Waals surface area contributed by atoms with E-state index in [1.54, 1.807) is 18.2 Å². The zero-order chi connectivity index (χ0) is 20.4. The minimum Gasteiger partial charge on any atom is -0.495 e. The molecule has 10 heteroatoms. The Morgan fingerprint density at radius 1 is 1.29 bits per heavy atom. The SMILES string of the molecule is COc1ccc(Cl)cc1N1CC(C(=O)Nc2ccc(Cl)c([N+](=O)[O-])c2)CC1=O. The summed E-state index contributed by atoms with van der Waals surface area (Å²) in [7, 11) is 1.48. The molecular weight excluding hydrogens is 409 g/mol. The Labute approximate surface area is 170 Å². The van der Waals surface area contributed by atoms with Gasteiger partial charge >= 0.3 is 0 Å². The minimum absolute atomic E-state index is 0.00279. The van der Waals surface area contributed by atoms with E-state index in [1.165, 1.54) is 30.2 Å². The molecule has 0 aromatic heterocycles. The molecule has 0 aliphatic carbocycles. The Balaban J connectivity index is 1.77. The van der Waals surface area contributed by atoms with Gasteiger partial charge in [-0.05, 0) is 30.3 Å². The van der Waals surface area contributed by atoms with Crippen LogP contribution in [0.2, 0.25) is 10.0 Å². The lowest BCUT2D eigenvalue weighted by molar-refractivity contribution is -0.384. The predicted octanol–water partition coefficient (Wildman–Crippen LogP) is 3.90. The predicted molar refractivity (Wildman–Crippen MR) is 105 cm³/mol. The van der Waals surface area contributed by atoms with Crippen molar-refractivity contribution in [1.29, 1.82) is 0 Å². The normalized spacial score (nSPS) is 16.2. The van der Waals surface area contributed by atoms with Crippen LogP contribution < -0.4 is 15.0 Å². The Kier molecular flexibility index (Phi) is 5.71. The number of amides is 2. The fourth-order valence-corrected chi connectivity index (χ4v) is 3.32. The first-order valence-corrected chi connectivity index (χ1v) is 8.94. The highest BCUT2D eigenvalue weighted by molar-refractivity contribution is 6.32. The zero-order valence-corrected chi connectivity index (χ0v) is 16.2. The molecule has 1 aliphatic rings. The van der Waals surface area contributed by atoms with Crippen LogP contribution in [-0.2, 0) is 9.59 Å². The van der Waals surface area contributed by atoms with Gasteiger partial charge in [0.15, 0.2) is 0 Å². The number of rotatable bonds is 5. The second-order valence-corrected chi connectivity index (χ2v) is 6.98. The minimum atomic E-state index is -0.635. The first-order valence-electron chi connectivity index (χ1n) is 8.19. The maximum absolute atomic E-state index is 12.6. The first-order chi connectivity index (χ1) is 13.3. The summed E-state index contributed by atoms with van der Waals surface area (Å²) in [5, 5.41) is 14.0. The van der Waals surface area contributed by atoms with Crippen molar-refractivity contribution in [2.24, 2.45) is 5.92 Å². The monoisotopic (exact) mass is 423 g/mol. The molecule has 0 radical (unpaired) electrons. The summed E-state index contributed by atoms with van der Waals surface area (Å²) < 4.78 is 5.27. The molecule has 1 N–H and O–H groups in total. The third-order valence-electron chi connectivity index (χ3n) is 4.34. The van der Waals surface area contributed by atoms with E-state index in [1.807, 2.05) is 0 Å². The number of ether oxygens (including phenoxy) is 1. The average molecular weight is 424 g/mol. The third-order valence-corrected chi connectivity index (χ3v) is 4.89. The summed E-state index contributed by atoms with van der Waals surface area (Å²) in [6.07, 6.45) is -0.00279. The van der Waals surface area contributed by atoms with Crippen molar-refractivity contribution in [2.75, 3.05) is 23.9 Å². The van der Waals surface area contributed by atoms with Gasteiger partial charge in [0.25, 0.3) is 5.69 Å². The molecule has 1 saturated heterocycles. The van der Waals surface area contributed by atoms with Crippen LogP contribution in [0.15, 0.2) is 36.4 Å². The molecule has 1 aliphatic heterocycles. The molecule has 1 atom stereocenters. The maximum atomic E-state index is 12.6. The second-order valence-electron chi connectivity index (χ2n) is 6.13. The third kappa shape index (κ3) is 4.02. The number of halogens is 2.